The molecule has 8 heteroatoms. The minimum Gasteiger partial charge on any atom is -0.304 e. The fraction of sp³-hybridized carbons (Fsp3) is 0.480. The lowest BCUT2D eigenvalue weighted by Gasteiger charge is -2.27. The maximum Gasteiger partial charge on any atom is 0.238 e. The first-order chi connectivity index (χ1) is 15.7. The number of amides is 1. The fourth-order valence-electron chi connectivity index (χ4n) is 5.49. The molecular formula is C25H28ClN3O3S. The van der Waals surface area contributed by atoms with E-state index < -0.39 is 15.3 Å². The molecule has 0 radical (unpaired) electrons. The van der Waals surface area contributed by atoms with Gasteiger partial charge in [0.1, 0.15) is 0 Å². The Morgan fingerprint density at radius 2 is 2.12 bits per heavy atom. The van der Waals surface area contributed by atoms with Gasteiger partial charge in [-0.05, 0) is 67.9 Å². The second-order valence-electron chi connectivity index (χ2n) is 9.58. The fourth-order valence-corrected chi connectivity index (χ4v) is 7.54. The predicted molar refractivity (Wildman–Crippen MR) is 131 cm³/mol. The maximum atomic E-state index is 13.5. The summed E-state index contributed by atoms with van der Waals surface area (Å²) in [6.07, 6.45) is 6.62. The van der Waals surface area contributed by atoms with Crippen LogP contribution in [0.1, 0.15) is 43.7 Å². The number of aromatic nitrogens is 1. The average molecular weight is 486 g/mol. The monoisotopic (exact) mass is 485 g/mol. The summed E-state index contributed by atoms with van der Waals surface area (Å²) in [6, 6.07) is 7.55. The Balaban J connectivity index is 1.57. The van der Waals surface area contributed by atoms with E-state index in [2.05, 4.69) is 11.9 Å². The standard InChI is InChI=1S/C25H28ClN3O3S/c1-3-19(17-7-11-33(31,32)15-17)22(28-21-12-18(26)5-4-16(21)2)14-29-23-13-27-10-6-20(23)25(8-9-25)24(29)30/h4-6,10,12-13,17,19H,3,7-9,11,14-15H2,1-2H3. The lowest BCUT2D eigenvalue weighted by molar-refractivity contribution is -0.120. The summed E-state index contributed by atoms with van der Waals surface area (Å²) in [5, 5.41) is 0.596. The molecule has 3 heterocycles. The molecule has 1 aromatic heterocycles. The zero-order chi connectivity index (χ0) is 23.4. The lowest BCUT2D eigenvalue weighted by Crippen LogP contribution is -2.40. The van der Waals surface area contributed by atoms with Crippen molar-refractivity contribution in [2.24, 2.45) is 16.8 Å². The lowest BCUT2D eigenvalue weighted by atomic mass is 9.85. The Morgan fingerprint density at radius 1 is 1.33 bits per heavy atom. The molecule has 0 N–H and O–H groups in total. The Labute approximate surface area is 200 Å². The average Bonchev–Trinajstić information content (AvgIpc) is 3.47. The first kappa shape index (κ1) is 22.5. The van der Waals surface area contributed by atoms with Gasteiger partial charge in [-0.1, -0.05) is 24.6 Å². The summed E-state index contributed by atoms with van der Waals surface area (Å²) < 4.78 is 24.5. The SMILES string of the molecule is CCC(C(CN1C(=O)C2(CC2)c2ccncc21)=Nc1cc(Cl)ccc1C)C1CCS(=O)(=O)C1. The molecule has 1 spiro atoms. The molecule has 33 heavy (non-hydrogen) atoms. The van der Waals surface area contributed by atoms with E-state index in [0.717, 1.165) is 47.5 Å². The van der Waals surface area contributed by atoms with Gasteiger partial charge in [-0.2, -0.15) is 0 Å². The van der Waals surface area contributed by atoms with E-state index in [1.54, 1.807) is 12.4 Å². The van der Waals surface area contributed by atoms with Crippen LogP contribution in [0.2, 0.25) is 5.02 Å². The van der Waals surface area contributed by atoms with Gasteiger partial charge >= 0.3 is 0 Å². The number of carbonyl (C=O) groups is 1. The molecule has 2 fully saturated rings. The van der Waals surface area contributed by atoms with E-state index in [4.69, 9.17) is 16.6 Å². The highest BCUT2D eigenvalue weighted by Crippen LogP contribution is 2.57. The van der Waals surface area contributed by atoms with Crippen molar-refractivity contribution in [2.45, 2.75) is 44.9 Å². The van der Waals surface area contributed by atoms with Gasteiger partial charge in [0, 0.05) is 22.8 Å². The first-order valence-corrected chi connectivity index (χ1v) is 13.7. The van der Waals surface area contributed by atoms with Crippen molar-refractivity contribution in [3.05, 3.63) is 52.8 Å². The van der Waals surface area contributed by atoms with Gasteiger partial charge in [-0.3, -0.25) is 14.8 Å². The minimum atomic E-state index is -3.03. The van der Waals surface area contributed by atoms with Crippen molar-refractivity contribution < 1.29 is 13.2 Å². The van der Waals surface area contributed by atoms with Crippen molar-refractivity contribution in [2.75, 3.05) is 23.0 Å². The van der Waals surface area contributed by atoms with Crippen molar-refractivity contribution >= 4 is 44.4 Å². The van der Waals surface area contributed by atoms with E-state index >= 15 is 0 Å². The van der Waals surface area contributed by atoms with E-state index in [1.807, 2.05) is 36.1 Å². The molecule has 2 atom stereocenters. The Hall–Kier alpha value is -2.25. The highest BCUT2D eigenvalue weighted by atomic mass is 35.5. The molecule has 2 unspecified atom stereocenters. The largest absolute Gasteiger partial charge is 0.304 e. The molecule has 1 aromatic carbocycles. The van der Waals surface area contributed by atoms with E-state index in [9.17, 15) is 13.2 Å². The molecule has 1 saturated heterocycles. The zero-order valence-electron chi connectivity index (χ0n) is 18.9. The summed E-state index contributed by atoms with van der Waals surface area (Å²) in [6.45, 7) is 4.38. The number of pyridine rings is 1. The van der Waals surface area contributed by atoms with Gasteiger partial charge in [0.05, 0.1) is 41.0 Å². The van der Waals surface area contributed by atoms with Crippen LogP contribution in [0.4, 0.5) is 11.4 Å². The van der Waals surface area contributed by atoms with Gasteiger partial charge in [0.15, 0.2) is 9.84 Å². The van der Waals surface area contributed by atoms with Crippen LogP contribution in [0.15, 0.2) is 41.7 Å². The number of hydrogen-bond donors (Lipinski definition) is 0. The number of aliphatic imine (C=N–C) groups is 1. The quantitative estimate of drug-likeness (QED) is 0.557. The predicted octanol–water partition coefficient (Wildman–Crippen LogP) is 4.66. The number of hydrogen-bond acceptors (Lipinski definition) is 5. The number of anilines is 1. The number of benzene rings is 1. The van der Waals surface area contributed by atoms with Crippen LogP contribution < -0.4 is 4.90 Å². The third-order valence-electron chi connectivity index (χ3n) is 7.47. The number of carbonyl (C=O) groups excluding carboxylic acids is 1. The van der Waals surface area contributed by atoms with Crippen molar-refractivity contribution in [1.82, 2.24) is 4.98 Å². The van der Waals surface area contributed by atoms with Gasteiger partial charge < -0.3 is 4.90 Å². The summed E-state index contributed by atoms with van der Waals surface area (Å²) in [7, 11) is -3.03. The van der Waals surface area contributed by atoms with Crippen LogP contribution in [-0.4, -0.2) is 43.1 Å². The number of halogens is 1. The molecule has 3 aliphatic rings. The number of nitrogens with zero attached hydrogens (tertiary/aromatic N) is 3. The smallest absolute Gasteiger partial charge is 0.238 e. The Bertz CT molecular complexity index is 1250. The zero-order valence-corrected chi connectivity index (χ0v) is 20.5. The van der Waals surface area contributed by atoms with Gasteiger partial charge in [0.25, 0.3) is 0 Å². The normalized spacial score (nSPS) is 23.7. The van der Waals surface area contributed by atoms with Crippen molar-refractivity contribution in [3.63, 3.8) is 0 Å². The highest BCUT2D eigenvalue weighted by molar-refractivity contribution is 7.91. The summed E-state index contributed by atoms with van der Waals surface area (Å²) in [4.78, 5) is 24.7. The summed E-state index contributed by atoms with van der Waals surface area (Å²) in [5.41, 5.74) is 4.08. The molecule has 1 saturated carbocycles. The van der Waals surface area contributed by atoms with Crippen molar-refractivity contribution in [1.29, 1.82) is 0 Å². The van der Waals surface area contributed by atoms with Crippen LogP contribution >= 0.6 is 11.6 Å². The summed E-state index contributed by atoms with van der Waals surface area (Å²) in [5.74, 6) is 0.462. The highest BCUT2D eigenvalue weighted by Gasteiger charge is 2.59. The van der Waals surface area contributed by atoms with E-state index in [0.29, 0.717) is 18.0 Å². The Kier molecular flexibility index (Phi) is 5.60. The number of fused-ring (bicyclic) bond motifs is 2. The molecule has 0 bridgehead atoms. The van der Waals surface area contributed by atoms with E-state index in [-0.39, 0.29) is 29.2 Å². The molecule has 2 aliphatic heterocycles. The van der Waals surface area contributed by atoms with Gasteiger partial charge in [-0.25, -0.2) is 8.42 Å². The topological polar surface area (TPSA) is 79.7 Å². The Morgan fingerprint density at radius 3 is 2.79 bits per heavy atom. The van der Waals surface area contributed by atoms with Gasteiger partial charge in [-0.15, -0.1) is 0 Å². The number of aryl methyl sites for hydroxylation is 1. The molecule has 6 nitrogen and oxygen atoms in total. The molecule has 5 rings (SSSR count). The first-order valence-electron chi connectivity index (χ1n) is 11.5. The van der Waals surface area contributed by atoms with Gasteiger partial charge in [0.2, 0.25) is 5.91 Å². The molecule has 2 aromatic rings. The van der Waals surface area contributed by atoms with Crippen LogP contribution in [0.3, 0.4) is 0 Å². The molecule has 1 aliphatic carbocycles. The summed E-state index contributed by atoms with van der Waals surface area (Å²) >= 11 is 6.26. The molecular weight excluding hydrogens is 458 g/mol. The molecule has 1 amide bonds. The van der Waals surface area contributed by atoms with Crippen LogP contribution in [0.25, 0.3) is 0 Å². The third-order valence-corrected chi connectivity index (χ3v) is 9.50. The third kappa shape index (κ3) is 3.99. The molecule has 174 valence electrons. The second-order valence-corrected chi connectivity index (χ2v) is 12.2. The van der Waals surface area contributed by atoms with Crippen LogP contribution in [0.5, 0.6) is 0 Å². The maximum absolute atomic E-state index is 13.5. The van der Waals surface area contributed by atoms with Crippen LogP contribution in [0, 0.1) is 18.8 Å². The number of rotatable bonds is 6. The van der Waals surface area contributed by atoms with Crippen LogP contribution in [-0.2, 0) is 20.0 Å². The minimum absolute atomic E-state index is 0.000741. The van der Waals surface area contributed by atoms with E-state index in [1.165, 1.54) is 0 Å². The number of sulfone groups is 1. The van der Waals surface area contributed by atoms with Crippen molar-refractivity contribution in [3.8, 4) is 0 Å². The second kappa shape index (κ2) is 8.20.